The Kier molecular flexibility index (Phi) is 11.1. The van der Waals surface area contributed by atoms with E-state index in [0.717, 1.165) is 22.4 Å². The molecule has 3 aromatic carbocycles. The first kappa shape index (κ1) is 32.2. The summed E-state index contributed by atoms with van der Waals surface area (Å²) in [5.41, 5.74) is 8.73. The number of nitrogens with two attached hydrogens (primary N) is 1. The zero-order chi connectivity index (χ0) is 31.6. The van der Waals surface area contributed by atoms with Gasteiger partial charge in [-0.15, -0.1) is 0 Å². The van der Waals surface area contributed by atoms with Crippen molar-refractivity contribution in [2.45, 2.75) is 31.7 Å². The van der Waals surface area contributed by atoms with Gasteiger partial charge in [0.15, 0.2) is 0 Å². The van der Waals surface area contributed by atoms with Crippen molar-refractivity contribution in [3.05, 3.63) is 113 Å². The van der Waals surface area contributed by atoms with E-state index in [4.69, 9.17) is 10.5 Å². The fourth-order valence-electron chi connectivity index (χ4n) is 5.30. The second kappa shape index (κ2) is 15.1. The number of nitrogens with zero attached hydrogens (tertiary/aromatic N) is 3. The molecule has 8 nitrogen and oxygen atoms in total. The summed E-state index contributed by atoms with van der Waals surface area (Å²) < 4.78 is 32.1. The number of halogens is 2. The second-order valence-electron chi connectivity index (χ2n) is 10.9. The van der Waals surface area contributed by atoms with Crippen LogP contribution in [0.25, 0.3) is 0 Å². The Morgan fingerprint density at radius 1 is 0.864 bits per heavy atom. The molecule has 0 aliphatic carbocycles. The van der Waals surface area contributed by atoms with E-state index in [1.807, 2.05) is 24.3 Å². The maximum atomic E-state index is 13.8. The molecule has 3 aromatic rings. The summed E-state index contributed by atoms with van der Waals surface area (Å²) in [6.45, 7) is 4.94. The predicted molar refractivity (Wildman–Crippen MR) is 164 cm³/mol. The van der Waals surface area contributed by atoms with Crippen molar-refractivity contribution in [1.29, 1.82) is 0 Å². The number of hydrogen-bond acceptors (Lipinski definition) is 5. The van der Waals surface area contributed by atoms with Crippen molar-refractivity contribution in [1.82, 2.24) is 14.7 Å². The average molecular weight is 605 g/mol. The highest BCUT2D eigenvalue weighted by Gasteiger charge is 2.36. The Balaban J connectivity index is 1.55. The number of ether oxygens (including phenoxy) is 1. The molecule has 0 radical (unpaired) electrons. The van der Waals surface area contributed by atoms with Gasteiger partial charge in [0.2, 0.25) is 17.7 Å². The quantitative estimate of drug-likeness (QED) is 0.303. The molecule has 232 valence electrons. The van der Waals surface area contributed by atoms with Crippen molar-refractivity contribution in [2.75, 3.05) is 39.8 Å². The van der Waals surface area contributed by atoms with E-state index in [0.29, 0.717) is 31.5 Å². The summed E-state index contributed by atoms with van der Waals surface area (Å²) in [5.74, 6) is -1.04. The van der Waals surface area contributed by atoms with E-state index in [-0.39, 0.29) is 56.0 Å². The highest BCUT2D eigenvalue weighted by atomic mass is 19.1. The first-order chi connectivity index (χ1) is 21.1. The number of primary amides is 1. The summed E-state index contributed by atoms with van der Waals surface area (Å²) in [5, 5.41) is 0. The van der Waals surface area contributed by atoms with E-state index in [2.05, 4.69) is 6.58 Å². The van der Waals surface area contributed by atoms with E-state index in [9.17, 15) is 23.2 Å². The normalized spacial score (nSPS) is 15.2. The third kappa shape index (κ3) is 8.89. The second-order valence-corrected chi connectivity index (χ2v) is 10.9. The number of carbonyl (C=O) groups excluding carboxylic acids is 3. The Hall–Kier alpha value is -4.73. The van der Waals surface area contributed by atoms with Crippen LogP contribution in [0.5, 0.6) is 5.75 Å². The minimum Gasteiger partial charge on any atom is -0.497 e. The Morgan fingerprint density at radius 2 is 1.39 bits per heavy atom. The van der Waals surface area contributed by atoms with Gasteiger partial charge in [-0.3, -0.25) is 14.4 Å². The van der Waals surface area contributed by atoms with Crippen LogP contribution in [-0.4, -0.2) is 78.3 Å². The van der Waals surface area contributed by atoms with E-state index < -0.39 is 11.9 Å². The van der Waals surface area contributed by atoms with Crippen LogP contribution in [0.15, 0.2) is 85.1 Å². The first-order valence-corrected chi connectivity index (χ1v) is 14.5. The summed E-state index contributed by atoms with van der Waals surface area (Å²) in [6, 6.07) is 18.9. The molecule has 1 heterocycles. The molecule has 10 heteroatoms. The fourth-order valence-corrected chi connectivity index (χ4v) is 5.30. The number of carbonyl (C=O) groups is 3. The molecule has 1 saturated heterocycles. The van der Waals surface area contributed by atoms with Gasteiger partial charge in [-0.1, -0.05) is 43.0 Å². The summed E-state index contributed by atoms with van der Waals surface area (Å²) in [7, 11) is 1.59. The molecule has 44 heavy (non-hydrogen) atoms. The van der Waals surface area contributed by atoms with Crippen molar-refractivity contribution < 1.29 is 27.9 Å². The van der Waals surface area contributed by atoms with E-state index >= 15 is 0 Å². The number of benzene rings is 3. The van der Waals surface area contributed by atoms with Gasteiger partial charge in [0.25, 0.3) is 0 Å². The molecule has 4 rings (SSSR count). The SMILES string of the molecule is C=C(C1CC(=O)N(CCc2ccc(F)cc2)CC(=O)N1CCc1ccc(F)cc1)N(CCc1ccc(OC)cc1)CC(N)=O. The third-order valence-electron chi connectivity index (χ3n) is 7.85. The van der Waals surface area contributed by atoms with Crippen LogP contribution in [0.2, 0.25) is 0 Å². The minimum atomic E-state index is -0.721. The molecule has 1 aliphatic heterocycles. The number of methoxy groups -OCH3 is 1. The molecular weight excluding hydrogens is 566 g/mol. The summed E-state index contributed by atoms with van der Waals surface area (Å²) in [4.78, 5) is 44.3. The lowest BCUT2D eigenvalue weighted by Crippen LogP contribution is -2.48. The monoisotopic (exact) mass is 604 g/mol. The van der Waals surface area contributed by atoms with Crippen molar-refractivity contribution in [2.24, 2.45) is 5.73 Å². The van der Waals surface area contributed by atoms with Crippen molar-refractivity contribution in [3.8, 4) is 5.75 Å². The largest absolute Gasteiger partial charge is 0.497 e. The zero-order valence-electron chi connectivity index (χ0n) is 24.9. The molecule has 3 amide bonds. The Bertz CT molecular complexity index is 1450. The van der Waals surface area contributed by atoms with Gasteiger partial charge in [0, 0.05) is 25.3 Å². The highest BCUT2D eigenvalue weighted by molar-refractivity contribution is 5.88. The number of amides is 3. The van der Waals surface area contributed by atoms with E-state index in [1.165, 1.54) is 29.2 Å². The average Bonchev–Trinajstić information content (AvgIpc) is 3.13. The van der Waals surface area contributed by atoms with Crippen molar-refractivity contribution >= 4 is 17.7 Å². The van der Waals surface area contributed by atoms with Gasteiger partial charge in [0.1, 0.15) is 17.4 Å². The molecule has 0 saturated carbocycles. The maximum Gasteiger partial charge on any atom is 0.242 e. The topological polar surface area (TPSA) is 96.2 Å². The fraction of sp³-hybridized carbons (Fsp3) is 0.324. The smallest absolute Gasteiger partial charge is 0.242 e. The van der Waals surface area contributed by atoms with Crippen LogP contribution in [0.4, 0.5) is 8.78 Å². The highest BCUT2D eigenvalue weighted by Crippen LogP contribution is 2.24. The van der Waals surface area contributed by atoms with Crippen LogP contribution >= 0.6 is 0 Å². The third-order valence-corrected chi connectivity index (χ3v) is 7.85. The Labute approximate surface area is 256 Å². The summed E-state index contributed by atoms with van der Waals surface area (Å²) in [6.07, 6.45) is 1.41. The number of rotatable bonds is 14. The molecule has 1 fully saturated rings. The lowest BCUT2D eigenvalue weighted by Gasteiger charge is -2.36. The minimum absolute atomic E-state index is 0.0325. The molecule has 2 N–H and O–H groups in total. The standard InChI is InChI=1S/C34H38F2N4O4/c1-24(38(22-32(37)41)18-15-27-7-13-30(44-2)14-8-27)31-21-33(42)39(19-16-25-3-9-28(35)10-4-25)23-34(43)40(31)20-17-26-5-11-29(36)12-6-26/h3-14,31H,1,15-23H2,2H3,(H2,37,41). The lowest BCUT2D eigenvalue weighted by atomic mass is 10.0. The number of hydrogen-bond donors (Lipinski definition) is 1. The van der Waals surface area contributed by atoms with Crippen molar-refractivity contribution in [3.63, 3.8) is 0 Å². The molecule has 0 aromatic heterocycles. The summed E-state index contributed by atoms with van der Waals surface area (Å²) >= 11 is 0. The molecule has 1 atom stereocenters. The van der Waals surface area contributed by atoms with Crippen LogP contribution in [0.1, 0.15) is 23.1 Å². The Morgan fingerprint density at radius 3 is 1.93 bits per heavy atom. The van der Waals surface area contributed by atoms with Crippen LogP contribution < -0.4 is 10.5 Å². The van der Waals surface area contributed by atoms with Gasteiger partial charge >= 0.3 is 0 Å². The van der Waals surface area contributed by atoms with Gasteiger partial charge in [-0.25, -0.2) is 8.78 Å². The molecule has 0 bridgehead atoms. The zero-order valence-corrected chi connectivity index (χ0v) is 24.9. The van der Waals surface area contributed by atoms with Gasteiger partial charge in [-0.05, 0) is 72.4 Å². The van der Waals surface area contributed by atoms with Crippen LogP contribution in [0.3, 0.4) is 0 Å². The van der Waals surface area contributed by atoms with E-state index in [1.54, 1.807) is 41.2 Å². The maximum absolute atomic E-state index is 13.8. The van der Waals surface area contributed by atoms with Crippen LogP contribution in [-0.2, 0) is 33.6 Å². The van der Waals surface area contributed by atoms with Gasteiger partial charge < -0.3 is 25.2 Å². The molecule has 1 unspecified atom stereocenters. The molecule has 0 spiro atoms. The first-order valence-electron chi connectivity index (χ1n) is 14.5. The van der Waals surface area contributed by atoms with Gasteiger partial charge in [-0.2, -0.15) is 0 Å². The van der Waals surface area contributed by atoms with Crippen LogP contribution in [0, 0.1) is 11.6 Å². The lowest BCUT2D eigenvalue weighted by molar-refractivity contribution is -0.136. The molecular formula is C34H38F2N4O4. The van der Waals surface area contributed by atoms with Gasteiger partial charge in [0.05, 0.1) is 32.7 Å². The molecule has 1 aliphatic rings. The predicted octanol–water partition coefficient (Wildman–Crippen LogP) is 3.73.